The second-order valence-corrected chi connectivity index (χ2v) is 7.97. The van der Waals surface area contributed by atoms with E-state index in [0.29, 0.717) is 5.41 Å². The van der Waals surface area contributed by atoms with E-state index in [2.05, 4.69) is 48.8 Å². The van der Waals surface area contributed by atoms with Crippen LogP contribution in [0.2, 0.25) is 0 Å². The highest BCUT2D eigenvalue weighted by Crippen LogP contribution is 2.50. The Morgan fingerprint density at radius 3 is 2.19 bits per heavy atom. The molecule has 27 heavy (non-hydrogen) atoms. The average Bonchev–Trinajstić information content (AvgIpc) is 2.65. The van der Waals surface area contributed by atoms with Gasteiger partial charge in [-0.25, -0.2) is 0 Å². The van der Waals surface area contributed by atoms with Gasteiger partial charge < -0.3 is 11.5 Å². The lowest BCUT2D eigenvalue weighted by atomic mass is 9.59. The molecule has 2 rings (SSSR count). The molecule has 1 aliphatic carbocycles. The summed E-state index contributed by atoms with van der Waals surface area (Å²) in [5.74, 6) is 0.990. The Balaban J connectivity index is 0.00000176. The first kappa shape index (κ1) is 23.7. The van der Waals surface area contributed by atoms with E-state index in [0.717, 1.165) is 25.3 Å². The van der Waals surface area contributed by atoms with E-state index < -0.39 is 0 Å². The van der Waals surface area contributed by atoms with Crippen molar-refractivity contribution in [2.45, 2.75) is 84.5 Å². The molecule has 3 heteroatoms. The number of benzene rings is 1. The maximum absolute atomic E-state index is 5.31. The van der Waals surface area contributed by atoms with E-state index in [1.807, 2.05) is 0 Å². The largest absolute Gasteiger partial charge is 0.390 e. The average molecular weight is 374 g/mol. The smallest absolute Gasteiger partial charge is 0.0797 e. The monoisotopic (exact) mass is 373 g/mol. The Morgan fingerprint density at radius 1 is 1.04 bits per heavy atom. The number of nitrogens with two attached hydrogens (primary N) is 2. The summed E-state index contributed by atoms with van der Waals surface area (Å²) in [6, 6.07) is 9.25. The van der Waals surface area contributed by atoms with E-state index >= 15 is 0 Å². The zero-order valence-electron chi connectivity index (χ0n) is 18.1. The second-order valence-electron chi connectivity index (χ2n) is 7.97. The maximum atomic E-state index is 5.31. The molecule has 1 aromatic carbocycles. The number of hydrogen-bond acceptors (Lipinski definition) is 2. The molecule has 1 aromatic rings. The Kier molecular flexibility index (Phi) is 12.1. The summed E-state index contributed by atoms with van der Waals surface area (Å²) < 4.78 is 0. The third-order valence-electron chi connectivity index (χ3n) is 6.23. The summed E-state index contributed by atoms with van der Waals surface area (Å²) in [6.07, 6.45) is 16.1. The molecule has 0 heterocycles. The van der Waals surface area contributed by atoms with Crippen molar-refractivity contribution in [1.29, 1.82) is 0 Å². The molecule has 0 radical (unpaired) electrons. The molecule has 0 aliphatic heterocycles. The molecular weight excluding hydrogens is 330 g/mol. The molecule has 0 atom stereocenters. The SMILES string of the molecule is CCCC(CCC)(CCc1cccc(CCCN=CN)c1)C1CCC1.CN. The van der Waals surface area contributed by atoms with Crippen molar-refractivity contribution < 1.29 is 0 Å². The second kappa shape index (κ2) is 13.8. The van der Waals surface area contributed by atoms with Gasteiger partial charge in [-0.1, -0.05) is 57.4 Å². The zero-order valence-corrected chi connectivity index (χ0v) is 18.1. The topological polar surface area (TPSA) is 64.4 Å². The third kappa shape index (κ3) is 7.65. The predicted octanol–water partition coefficient (Wildman–Crippen LogP) is 5.50. The fraction of sp³-hybridized carbons (Fsp3) is 0.708. The highest BCUT2D eigenvalue weighted by atomic mass is 14.8. The van der Waals surface area contributed by atoms with Gasteiger partial charge in [0.2, 0.25) is 0 Å². The van der Waals surface area contributed by atoms with Crippen LogP contribution in [0.3, 0.4) is 0 Å². The van der Waals surface area contributed by atoms with E-state index in [-0.39, 0.29) is 0 Å². The highest BCUT2D eigenvalue weighted by molar-refractivity contribution is 5.50. The van der Waals surface area contributed by atoms with E-state index in [1.165, 1.54) is 82.3 Å². The van der Waals surface area contributed by atoms with Crippen LogP contribution in [-0.2, 0) is 12.8 Å². The summed E-state index contributed by atoms with van der Waals surface area (Å²) in [7, 11) is 1.50. The van der Waals surface area contributed by atoms with Crippen molar-refractivity contribution >= 4 is 6.34 Å². The Bertz CT molecular complexity index is 514. The van der Waals surface area contributed by atoms with Gasteiger partial charge in [0.25, 0.3) is 0 Å². The van der Waals surface area contributed by atoms with Crippen LogP contribution in [0, 0.1) is 11.3 Å². The molecule has 0 amide bonds. The normalized spacial score (nSPS) is 14.7. The lowest BCUT2D eigenvalue weighted by Crippen LogP contribution is -2.35. The van der Waals surface area contributed by atoms with Crippen LogP contribution in [-0.4, -0.2) is 19.9 Å². The number of nitrogens with zero attached hydrogens (tertiary/aromatic N) is 1. The molecule has 1 saturated carbocycles. The summed E-state index contributed by atoms with van der Waals surface area (Å²) in [6.45, 7) is 5.57. The van der Waals surface area contributed by atoms with Gasteiger partial charge in [-0.3, -0.25) is 4.99 Å². The lowest BCUT2D eigenvalue weighted by Gasteiger charge is -2.46. The molecule has 0 spiro atoms. The first-order valence-electron chi connectivity index (χ1n) is 11.1. The fourth-order valence-corrected chi connectivity index (χ4v) is 4.79. The van der Waals surface area contributed by atoms with Gasteiger partial charge in [0.15, 0.2) is 0 Å². The van der Waals surface area contributed by atoms with E-state index in [1.54, 1.807) is 0 Å². The van der Waals surface area contributed by atoms with Crippen molar-refractivity contribution in [3.05, 3.63) is 35.4 Å². The summed E-state index contributed by atoms with van der Waals surface area (Å²) in [5, 5.41) is 0. The quantitative estimate of drug-likeness (QED) is 0.288. The molecule has 4 N–H and O–H groups in total. The molecule has 3 nitrogen and oxygen atoms in total. The van der Waals surface area contributed by atoms with Crippen LogP contribution in [0.5, 0.6) is 0 Å². The van der Waals surface area contributed by atoms with Crippen molar-refractivity contribution in [3.8, 4) is 0 Å². The first-order valence-corrected chi connectivity index (χ1v) is 11.1. The molecule has 1 fully saturated rings. The van der Waals surface area contributed by atoms with Crippen molar-refractivity contribution in [2.75, 3.05) is 13.6 Å². The Labute approximate surface area is 168 Å². The molecule has 0 aromatic heterocycles. The Morgan fingerprint density at radius 2 is 1.67 bits per heavy atom. The van der Waals surface area contributed by atoms with Gasteiger partial charge in [-0.15, -0.1) is 0 Å². The molecule has 0 unspecified atom stereocenters. The number of aryl methyl sites for hydroxylation is 2. The molecular formula is C24H43N3. The van der Waals surface area contributed by atoms with Crippen LogP contribution in [0.4, 0.5) is 0 Å². The fourth-order valence-electron chi connectivity index (χ4n) is 4.79. The van der Waals surface area contributed by atoms with Gasteiger partial charge in [0.1, 0.15) is 0 Å². The van der Waals surface area contributed by atoms with Gasteiger partial charge >= 0.3 is 0 Å². The minimum absolute atomic E-state index is 0.605. The Hall–Kier alpha value is -1.35. The molecule has 0 bridgehead atoms. The minimum Gasteiger partial charge on any atom is -0.390 e. The summed E-state index contributed by atoms with van der Waals surface area (Å²) in [5.41, 5.74) is 13.4. The van der Waals surface area contributed by atoms with Crippen molar-refractivity contribution in [3.63, 3.8) is 0 Å². The van der Waals surface area contributed by atoms with Crippen molar-refractivity contribution in [1.82, 2.24) is 0 Å². The first-order chi connectivity index (χ1) is 13.2. The standard InChI is InChI=1S/C23H38N2.CH5N/c1-3-14-23(15-4-2,22-11-6-12-22)16-13-21-9-5-8-20(18-21)10-7-17-25-19-24;1-2/h5,8-9,18-19,22H,3-4,6-7,10-17H2,1-2H3,(H2,24,25);2H2,1H3. The zero-order chi connectivity index (χ0) is 20.0. The van der Waals surface area contributed by atoms with Crippen LogP contribution < -0.4 is 11.5 Å². The number of aliphatic imine (C=N–C) groups is 1. The van der Waals surface area contributed by atoms with Gasteiger partial charge in [0, 0.05) is 6.54 Å². The summed E-state index contributed by atoms with van der Waals surface area (Å²) >= 11 is 0. The van der Waals surface area contributed by atoms with Crippen molar-refractivity contribution in [2.24, 2.45) is 27.8 Å². The van der Waals surface area contributed by atoms with Gasteiger partial charge in [-0.05, 0) is 80.9 Å². The van der Waals surface area contributed by atoms with E-state index in [9.17, 15) is 0 Å². The van der Waals surface area contributed by atoms with Crippen LogP contribution >= 0.6 is 0 Å². The number of hydrogen-bond donors (Lipinski definition) is 2. The maximum Gasteiger partial charge on any atom is 0.0797 e. The van der Waals surface area contributed by atoms with Crippen LogP contribution in [0.25, 0.3) is 0 Å². The van der Waals surface area contributed by atoms with Gasteiger partial charge in [0.05, 0.1) is 6.34 Å². The van der Waals surface area contributed by atoms with E-state index in [4.69, 9.17) is 5.73 Å². The highest BCUT2D eigenvalue weighted by Gasteiger charge is 2.39. The lowest BCUT2D eigenvalue weighted by molar-refractivity contribution is 0.0510. The summed E-state index contributed by atoms with van der Waals surface area (Å²) in [4.78, 5) is 4.11. The van der Waals surface area contributed by atoms with Crippen LogP contribution in [0.1, 0.15) is 82.8 Å². The van der Waals surface area contributed by atoms with Crippen LogP contribution in [0.15, 0.2) is 29.3 Å². The molecule has 154 valence electrons. The minimum atomic E-state index is 0.605. The molecule has 1 aliphatic rings. The van der Waals surface area contributed by atoms with Gasteiger partial charge in [-0.2, -0.15) is 0 Å². The third-order valence-corrected chi connectivity index (χ3v) is 6.23. The number of rotatable bonds is 12. The molecule has 0 saturated heterocycles. The predicted molar refractivity (Wildman–Crippen MR) is 120 cm³/mol.